The van der Waals surface area contributed by atoms with E-state index in [0.29, 0.717) is 11.5 Å². The lowest BCUT2D eigenvalue weighted by Crippen LogP contribution is -2.14. The zero-order chi connectivity index (χ0) is 7.68. The maximum Gasteiger partial charge on any atom is 0.331 e. The van der Waals surface area contributed by atoms with Gasteiger partial charge in [-0.2, -0.15) is 5.26 Å². The summed E-state index contributed by atoms with van der Waals surface area (Å²) in [6, 6.07) is 9.08. The van der Waals surface area contributed by atoms with Gasteiger partial charge in [-0.05, 0) is 12.1 Å². The molecule has 1 aliphatic heterocycles. The van der Waals surface area contributed by atoms with Crippen molar-refractivity contribution < 1.29 is 9.47 Å². The minimum absolute atomic E-state index is 0.638. The Morgan fingerprint density at radius 1 is 1.18 bits per heavy atom. The van der Waals surface area contributed by atoms with Crippen LogP contribution < -0.4 is 9.47 Å². The van der Waals surface area contributed by atoms with Crippen LogP contribution in [-0.4, -0.2) is 6.29 Å². The Kier molecular flexibility index (Phi) is 1.19. The second-order valence-corrected chi connectivity index (χ2v) is 2.14. The fourth-order valence-corrected chi connectivity index (χ4v) is 0.952. The quantitative estimate of drug-likeness (QED) is 0.555. The van der Waals surface area contributed by atoms with Gasteiger partial charge in [-0.1, -0.05) is 12.1 Å². The molecule has 11 heavy (non-hydrogen) atoms. The predicted octanol–water partition coefficient (Wildman–Crippen LogP) is 1.31. The van der Waals surface area contributed by atoms with Gasteiger partial charge in [0.15, 0.2) is 17.6 Å². The molecule has 1 aromatic rings. The van der Waals surface area contributed by atoms with Crippen molar-refractivity contribution in [3.63, 3.8) is 0 Å². The predicted molar refractivity (Wildman–Crippen MR) is 37.1 cm³/mol. The van der Waals surface area contributed by atoms with Crippen LogP contribution >= 0.6 is 0 Å². The lowest BCUT2D eigenvalue weighted by atomic mass is 10.3. The molecule has 3 nitrogen and oxygen atoms in total. The highest BCUT2D eigenvalue weighted by Crippen LogP contribution is 2.33. The van der Waals surface area contributed by atoms with Gasteiger partial charge in [-0.25, -0.2) is 0 Å². The second-order valence-electron chi connectivity index (χ2n) is 2.14. The molecule has 1 aliphatic rings. The fourth-order valence-electron chi connectivity index (χ4n) is 0.952. The molecule has 0 aliphatic carbocycles. The van der Waals surface area contributed by atoms with Gasteiger partial charge in [0.2, 0.25) is 0 Å². The van der Waals surface area contributed by atoms with Crippen LogP contribution in [0.3, 0.4) is 0 Å². The molecule has 54 valence electrons. The third-order valence-corrected chi connectivity index (χ3v) is 1.42. The van der Waals surface area contributed by atoms with Gasteiger partial charge in [0, 0.05) is 0 Å². The average Bonchev–Trinajstić information content (AvgIpc) is 2.46. The zero-order valence-electron chi connectivity index (χ0n) is 5.65. The molecule has 0 saturated heterocycles. The zero-order valence-corrected chi connectivity index (χ0v) is 5.65. The van der Waals surface area contributed by atoms with Crippen LogP contribution in [0.15, 0.2) is 24.3 Å². The number of ether oxygens (including phenoxy) is 2. The van der Waals surface area contributed by atoms with Crippen LogP contribution in [-0.2, 0) is 0 Å². The molecule has 0 unspecified atom stereocenters. The molecule has 1 aromatic carbocycles. The number of para-hydroxylation sites is 2. The normalized spacial score (nSPS) is 14.5. The smallest absolute Gasteiger partial charge is 0.331 e. The first kappa shape index (κ1) is 6.05. The van der Waals surface area contributed by atoms with Crippen LogP contribution in [0.5, 0.6) is 11.5 Å². The van der Waals surface area contributed by atoms with Crippen LogP contribution in [0.1, 0.15) is 0 Å². The summed E-state index contributed by atoms with van der Waals surface area (Å²) in [7, 11) is 0. The molecule has 3 heteroatoms. The van der Waals surface area contributed by atoms with Crippen molar-refractivity contribution in [1.29, 1.82) is 5.26 Å². The van der Waals surface area contributed by atoms with E-state index in [1.165, 1.54) is 0 Å². The molecule has 2 rings (SSSR count). The monoisotopic (exact) mass is 147 g/mol. The Labute approximate surface area is 63.8 Å². The van der Waals surface area contributed by atoms with Gasteiger partial charge in [0.05, 0.1) is 0 Å². The van der Waals surface area contributed by atoms with E-state index in [4.69, 9.17) is 14.7 Å². The summed E-state index contributed by atoms with van der Waals surface area (Å²) in [6.07, 6.45) is -0.771. The lowest BCUT2D eigenvalue weighted by Gasteiger charge is -1.96. The number of benzene rings is 1. The summed E-state index contributed by atoms with van der Waals surface area (Å²) < 4.78 is 10.1. The van der Waals surface area contributed by atoms with Gasteiger partial charge < -0.3 is 9.47 Å². The molecule has 0 saturated carbocycles. The van der Waals surface area contributed by atoms with Crippen molar-refractivity contribution in [3.05, 3.63) is 24.3 Å². The van der Waals surface area contributed by atoms with Crippen LogP contribution in [0.4, 0.5) is 0 Å². The van der Waals surface area contributed by atoms with E-state index in [-0.39, 0.29) is 0 Å². The van der Waals surface area contributed by atoms with E-state index in [2.05, 4.69) is 0 Å². The Morgan fingerprint density at radius 2 is 1.73 bits per heavy atom. The first-order valence-electron chi connectivity index (χ1n) is 3.22. The number of fused-ring (bicyclic) bond motifs is 1. The van der Waals surface area contributed by atoms with Crippen molar-refractivity contribution in [2.24, 2.45) is 0 Å². The van der Waals surface area contributed by atoms with Crippen LogP contribution in [0.25, 0.3) is 0 Å². The summed E-state index contributed by atoms with van der Waals surface area (Å²) in [5.74, 6) is 1.28. The minimum atomic E-state index is -0.771. The molecule has 0 amide bonds. The second kappa shape index (κ2) is 2.17. The molecule has 0 N–H and O–H groups in total. The SMILES string of the molecule is N#CC1Oc2ccccc2O1. The summed E-state index contributed by atoms with van der Waals surface area (Å²) in [5.41, 5.74) is 0. The molecule has 1 heterocycles. The summed E-state index contributed by atoms with van der Waals surface area (Å²) in [6.45, 7) is 0. The molecule has 0 fully saturated rings. The number of rotatable bonds is 0. The lowest BCUT2D eigenvalue weighted by molar-refractivity contribution is 0.102. The molecule has 0 radical (unpaired) electrons. The summed E-state index contributed by atoms with van der Waals surface area (Å²) in [4.78, 5) is 0. The molecular weight excluding hydrogens is 142 g/mol. The molecular formula is C8H5NO2. The number of nitrogens with zero attached hydrogens (tertiary/aromatic N) is 1. The van der Waals surface area contributed by atoms with Crippen molar-refractivity contribution in [2.45, 2.75) is 6.29 Å². The van der Waals surface area contributed by atoms with E-state index < -0.39 is 6.29 Å². The van der Waals surface area contributed by atoms with Gasteiger partial charge in [0.1, 0.15) is 0 Å². The standard InChI is InChI=1S/C8H5NO2/c9-5-8-10-6-3-1-2-4-7(6)11-8/h1-4,8H. The number of hydrogen-bond donors (Lipinski definition) is 0. The number of nitriles is 1. The van der Waals surface area contributed by atoms with Crippen molar-refractivity contribution in [2.75, 3.05) is 0 Å². The highest BCUT2D eigenvalue weighted by atomic mass is 16.7. The molecule has 0 spiro atoms. The first-order valence-corrected chi connectivity index (χ1v) is 3.22. The van der Waals surface area contributed by atoms with Crippen LogP contribution in [0.2, 0.25) is 0 Å². The Balaban J connectivity index is 2.35. The molecule has 0 atom stereocenters. The Morgan fingerprint density at radius 3 is 2.18 bits per heavy atom. The maximum absolute atomic E-state index is 8.44. The highest BCUT2D eigenvalue weighted by Gasteiger charge is 2.22. The van der Waals surface area contributed by atoms with E-state index in [0.717, 1.165) is 0 Å². The largest absolute Gasteiger partial charge is 0.439 e. The van der Waals surface area contributed by atoms with E-state index in [9.17, 15) is 0 Å². The van der Waals surface area contributed by atoms with Gasteiger partial charge in [-0.15, -0.1) is 0 Å². The fraction of sp³-hybridized carbons (Fsp3) is 0.125. The van der Waals surface area contributed by atoms with E-state index >= 15 is 0 Å². The third kappa shape index (κ3) is 0.887. The third-order valence-electron chi connectivity index (χ3n) is 1.42. The summed E-state index contributed by atoms with van der Waals surface area (Å²) >= 11 is 0. The highest BCUT2D eigenvalue weighted by molar-refractivity contribution is 5.42. The topological polar surface area (TPSA) is 42.2 Å². The maximum atomic E-state index is 8.44. The average molecular weight is 147 g/mol. The summed E-state index contributed by atoms with van der Waals surface area (Å²) in [5, 5.41) is 8.44. The van der Waals surface area contributed by atoms with Gasteiger partial charge >= 0.3 is 6.29 Å². The Bertz CT molecular complexity index is 291. The minimum Gasteiger partial charge on any atom is -0.439 e. The van der Waals surface area contributed by atoms with Crippen molar-refractivity contribution >= 4 is 0 Å². The van der Waals surface area contributed by atoms with Gasteiger partial charge in [0.25, 0.3) is 0 Å². The molecule has 0 aromatic heterocycles. The van der Waals surface area contributed by atoms with Crippen molar-refractivity contribution in [1.82, 2.24) is 0 Å². The first-order chi connectivity index (χ1) is 5.40. The van der Waals surface area contributed by atoms with E-state index in [1.807, 2.05) is 18.2 Å². The number of hydrogen-bond acceptors (Lipinski definition) is 3. The van der Waals surface area contributed by atoms with Gasteiger partial charge in [-0.3, -0.25) is 0 Å². The Hall–Kier alpha value is -1.69. The van der Waals surface area contributed by atoms with E-state index in [1.54, 1.807) is 12.1 Å². The van der Waals surface area contributed by atoms with Crippen LogP contribution in [0, 0.1) is 11.3 Å². The molecule has 0 bridgehead atoms. The van der Waals surface area contributed by atoms with Crippen molar-refractivity contribution in [3.8, 4) is 17.6 Å².